The van der Waals surface area contributed by atoms with E-state index in [1.54, 1.807) is 28.8 Å². The summed E-state index contributed by atoms with van der Waals surface area (Å²) in [6.07, 6.45) is 3.03. The van der Waals surface area contributed by atoms with Crippen LogP contribution in [0.2, 0.25) is 0 Å². The average molecular weight is 292 g/mol. The first-order valence-electron chi connectivity index (χ1n) is 6.54. The van der Waals surface area contributed by atoms with Gasteiger partial charge in [-0.25, -0.2) is 0 Å². The van der Waals surface area contributed by atoms with E-state index in [0.717, 1.165) is 23.1 Å². The van der Waals surface area contributed by atoms with Crippen LogP contribution >= 0.6 is 11.8 Å². The van der Waals surface area contributed by atoms with Gasteiger partial charge in [-0.15, -0.1) is 0 Å². The highest BCUT2D eigenvalue weighted by Crippen LogP contribution is 2.21. The topological polar surface area (TPSA) is 75.0 Å². The van der Waals surface area contributed by atoms with E-state index >= 15 is 0 Å². The maximum Gasteiger partial charge on any atom is 0.274 e. The zero-order valence-corrected chi connectivity index (χ0v) is 12.8. The summed E-state index contributed by atoms with van der Waals surface area (Å²) in [5, 5.41) is 7.80. The van der Waals surface area contributed by atoms with Crippen LogP contribution in [0.25, 0.3) is 10.9 Å². The zero-order chi connectivity index (χ0) is 14.7. The molecule has 108 valence electrons. The highest BCUT2D eigenvalue weighted by Gasteiger charge is 2.21. The minimum Gasteiger partial charge on any atom is -0.399 e. The summed E-state index contributed by atoms with van der Waals surface area (Å²) in [6.45, 7) is 2.05. The van der Waals surface area contributed by atoms with Crippen LogP contribution in [0, 0.1) is 0 Å². The smallest absolute Gasteiger partial charge is 0.274 e. The summed E-state index contributed by atoms with van der Waals surface area (Å²) in [7, 11) is 1.82. The maximum atomic E-state index is 12.5. The molecule has 20 heavy (non-hydrogen) atoms. The van der Waals surface area contributed by atoms with Crippen molar-refractivity contribution in [3.63, 3.8) is 0 Å². The summed E-state index contributed by atoms with van der Waals surface area (Å²) >= 11 is 1.78. The quantitative estimate of drug-likeness (QED) is 0.830. The fraction of sp³-hybridized carbons (Fsp3) is 0.429. The molecule has 0 saturated heterocycles. The molecule has 0 saturated carbocycles. The second-order valence-corrected chi connectivity index (χ2v) is 5.91. The molecule has 2 aromatic rings. The third-order valence-electron chi connectivity index (χ3n) is 3.51. The van der Waals surface area contributed by atoms with Gasteiger partial charge in [0.2, 0.25) is 0 Å². The SMILES string of the molecule is CSCCC(C)N(C)C(=O)c1n[nH]c2ccc(N)cc12. The standard InChI is InChI=1S/C14H20N4OS/c1-9(6-7-20-3)18(2)14(19)13-11-8-10(15)4-5-12(11)16-17-13/h4-5,8-9H,6-7,15H2,1-3H3,(H,16,17). The molecule has 2 rings (SSSR count). The van der Waals surface area contributed by atoms with Gasteiger partial charge in [-0.1, -0.05) is 0 Å². The van der Waals surface area contributed by atoms with Crippen LogP contribution in [-0.2, 0) is 0 Å². The molecule has 1 aromatic heterocycles. The second kappa shape index (κ2) is 6.17. The Morgan fingerprint density at radius 1 is 1.55 bits per heavy atom. The molecule has 5 nitrogen and oxygen atoms in total. The van der Waals surface area contributed by atoms with Crippen LogP contribution in [0.3, 0.4) is 0 Å². The number of thioether (sulfide) groups is 1. The Bertz CT molecular complexity index is 610. The van der Waals surface area contributed by atoms with Crippen molar-refractivity contribution in [2.24, 2.45) is 0 Å². The van der Waals surface area contributed by atoms with Crippen LogP contribution in [0.4, 0.5) is 5.69 Å². The minimum atomic E-state index is -0.0737. The van der Waals surface area contributed by atoms with E-state index in [4.69, 9.17) is 5.73 Å². The molecule has 1 aromatic carbocycles. The van der Waals surface area contributed by atoms with E-state index < -0.39 is 0 Å². The number of carbonyl (C=O) groups is 1. The molecule has 0 aliphatic heterocycles. The molecule has 3 N–H and O–H groups in total. The van der Waals surface area contributed by atoms with E-state index in [2.05, 4.69) is 23.4 Å². The summed E-state index contributed by atoms with van der Waals surface area (Å²) in [4.78, 5) is 14.3. The number of aromatic amines is 1. The van der Waals surface area contributed by atoms with Gasteiger partial charge in [0.25, 0.3) is 5.91 Å². The van der Waals surface area contributed by atoms with Crippen LogP contribution in [0.1, 0.15) is 23.8 Å². The monoisotopic (exact) mass is 292 g/mol. The predicted octanol–water partition coefficient (Wildman–Crippen LogP) is 2.36. The van der Waals surface area contributed by atoms with Gasteiger partial charge >= 0.3 is 0 Å². The van der Waals surface area contributed by atoms with Gasteiger partial charge in [0.1, 0.15) is 0 Å². The van der Waals surface area contributed by atoms with E-state index in [-0.39, 0.29) is 11.9 Å². The van der Waals surface area contributed by atoms with E-state index in [1.165, 1.54) is 0 Å². The van der Waals surface area contributed by atoms with Crippen molar-refractivity contribution in [2.45, 2.75) is 19.4 Å². The normalized spacial score (nSPS) is 12.6. The Morgan fingerprint density at radius 2 is 2.30 bits per heavy atom. The van der Waals surface area contributed by atoms with Crippen molar-refractivity contribution >= 4 is 34.3 Å². The van der Waals surface area contributed by atoms with Crippen molar-refractivity contribution in [3.05, 3.63) is 23.9 Å². The highest BCUT2D eigenvalue weighted by molar-refractivity contribution is 7.98. The summed E-state index contributed by atoms with van der Waals surface area (Å²) in [6, 6.07) is 5.60. The molecule has 0 spiro atoms. The predicted molar refractivity (Wildman–Crippen MR) is 85.1 cm³/mol. The van der Waals surface area contributed by atoms with Crippen LogP contribution in [0.5, 0.6) is 0 Å². The Morgan fingerprint density at radius 3 is 3.00 bits per heavy atom. The fourth-order valence-electron chi connectivity index (χ4n) is 2.04. The molecule has 1 unspecified atom stereocenters. The highest BCUT2D eigenvalue weighted by atomic mass is 32.2. The largest absolute Gasteiger partial charge is 0.399 e. The van der Waals surface area contributed by atoms with Crippen molar-refractivity contribution in [1.29, 1.82) is 0 Å². The maximum absolute atomic E-state index is 12.5. The molecule has 1 heterocycles. The number of hydrogen-bond acceptors (Lipinski definition) is 4. The van der Waals surface area contributed by atoms with Gasteiger partial charge in [-0.3, -0.25) is 9.89 Å². The van der Waals surface area contributed by atoms with Crippen molar-refractivity contribution in [1.82, 2.24) is 15.1 Å². The van der Waals surface area contributed by atoms with Crippen molar-refractivity contribution < 1.29 is 4.79 Å². The molecular formula is C14H20N4OS. The summed E-state index contributed by atoms with van der Waals surface area (Å²) in [5.74, 6) is 0.961. The van der Waals surface area contributed by atoms with E-state index in [1.807, 2.05) is 13.1 Å². The lowest BCUT2D eigenvalue weighted by Gasteiger charge is -2.24. The van der Waals surface area contributed by atoms with Crippen LogP contribution < -0.4 is 5.73 Å². The molecule has 0 bridgehead atoms. The van der Waals surface area contributed by atoms with Crippen molar-refractivity contribution in [2.75, 3.05) is 24.8 Å². The fourth-order valence-corrected chi connectivity index (χ4v) is 2.62. The number of amides is 1. The summed E-state index contributed by atoms with van der Waals surface area (Å²) < 4.78 is 0. The third-order valence-corrected chi connectivity index (χ3v) is 4.15. The Kier molecular flexibility index (Phi) is 4.54. The lowest BCUT2D eigenvalue weighted by Crippen LogP contribution is -2.35. The first-order chi connectivity index (χ1) is 9.54. The van der Waals surface area contributed by atoms with Gasteiger partial charge in [-0.2, -0.15) is 16.9 Å². The first kappa shape index (κ1) is 14.7. The van der Waals surface area contributed by atoms with Gasteiger partial charge in [0, 0.05) is 24.2 Å². The molecule has 6 heteroatoms. The van der Waals surface area contributed by atoms with Gasteiger partial charge in [0.05, 0.1) is 5.52 Å². The molecule has 0 aliphatic carbocycles. The number of hydrogen-bond donors (Lipinski definition) is 2. The number of carbonyl (C=O) groups excluding carboxylic acids is 1. The minimum absolute atomic E-state index is 0.0737. The molecule has 1 amide bonds. The molecule has 0 fully saturated rings. The number of benzene rings is 1. The molecule has 0 radical (unpaired) electrons. The number of anilines is 1. The Labute approximate surface area is 122 Å². The lowest BCUT2D eigenvalue weighted by atomic mass is 10.1. The number of nitrogens with one attached hydrogen (secondary N) is 1. The van der Waals surface area contributed by atoms with Crippen LogP contribution in [-0.4, -0.2) is 46.1 Å². The van der Waals surface area contributed by atoms with Crippen LogP contribution in [0.15, 0.2) is 18.2 Å². The van der Waals surface area contributed by atoms with E-state index in [0.29, 0.717) is 11.4 Å². The number of rotatable bonds is 5. The number of nitrogen functional groups attached to an aromatic ring is 1. The van der Waals surface area contributed by atoms with Gasteiger partial charge < -0.3 is 10.6 Å². The van der Waals surface area contributed by atoms with Gasteiger partial charge in [-0.05, 0) is 43.6 Å². The molecule has 0 aliphatic rings. The van der Waals surface area contributed by atoms with Gasteiger partial charge in [0.15, 0.2) is 5.69 Å². The Hall–Kier alpha value is -1.69. The Balaban J connectivity index is 2.24. The summed E-state index contributed by atoms with van der Waals surface area (Å²) in [5.41, 5.74) is 7.68. The van der Waals surface area contributed by atoms with Crippen molar-refractivity contribution in [3.8, 4) is 0 Å². The second-order valence-electron chi connectivity index (χ2n) is 4.92. The lowest BCUT2D eigenvalue weighted by molar-refractivity contribution is 0.0737. The third kappa shape index (κ3) is 2.90. The molecular weight excluding hydrogens is 272 g/mol. The number of nitrogens with zero attached hydrogens (tertiary/aromatic N) is 2. The zero-order valence-electron chi connectivity index (χ0n) is 12.0. The number of H-pyrrole nitrogens is 1. The number of nitrogens with two attached hydrogens (primary N) is 1. The first-order valence-corrected chi connectivity index (χ1v) is 7.93. The molecule has 1 atom stereocenters. The van der Waals surface area contributed by atoms with E-state index in [9.17, 15) is 4.79 Å². The number of aromatic nitrogens is 2. The average Bonchev–Trinajstić information content (AvgIpc) is 2.85. The number of fused-ring (bicyclic) bond motifs is 1.